The summed E-state index contributed by atoms with van der Waals surface area (Å²) in [6.45, 7) is 3.47. The number of carbonyl (C=O) groups is 1. The number of azo groups is 1. The molecule has 2 heterocycles. The summed E-state index contributed by atoms with van der Waals surface area (Å²) in [5.41, 5.74) is 1.47. The summed E-state index contributed by atoms with van der Waals surface area (Å²) in [7, 11) is 0. The highest BCUT2D eigenvalue weighted by Gasteiger charge is 2.16. The van der Waals surface area contributed by atoms with Gasteiger partial charge in [-0.25, -0.2) is 0 Å². The summed E-state index contributed by atoms with van der Waals surface area (Å²) in [5.74, 6) is -0.528. The van der Waals surface area contributed by atoms with Crippen LogP contribution in [-0.2, 0) is 11.3 Å². The van der Waals surface area contributed by atoms with Gasteiger partial charge in [0.25, 0.3) is 5.91 Å². The number of nitrogens with zero attached hydrogens (tertiary/aromatic N) is 4. The molecular weight excluding hydrogens is 320 g/mol. The van der Waals surface area contributed by atoms with Crippen LogP contribution in [0.2, 0.25) is 0 Å². The van der Waals surface area contributed by atoms with E-state index in [-0.39, 0.29) is 11.6 Å². The van der Waals surface area contributed by atoms with E-state index in [1.165, 1.54) is 12.4 Å². The second-order valence-electron chi connectivity index (χ2n) is 5.28. The minimum Gasteiger partial charge on any atom is -0.493 e. The van der Waals surface area contributed by atoms with Crippen LogP contribution in [-0.4, -0.2) is 33.8 Å². The lowest BCUT2D eigenvalue weighted by molar-refractivity contribution is 0.0995. The number of ether oxygens (including phenoxy) is 1. The monoisotopic (exact) mass is 338 g/mol. The van der Waals surface area contributed by atoms with E-state index >= 15 is 0 Å². The van der Waals surface area contributed by atoms with Crippen LogP contribution in [0.4, 0.5) is 5.69 Å². The Balaban J connectivity index is 1.94. The van der Waals surface area contributed by atoms with Gasteiger partial charge in [-0.1, -0.05) is 18.2 Å². The van der Waals surface area contributed by atoms with Crippen molar-refractivity contribution >= 4 is 22.5 Å². The molecule has 3 rings (SSSR count). The average molecular weight is 338 g/mol. The molecule has 0 aliphatic carbocycles. The van der Waals surface area contributed by atoms with Crippen LogP contribution in [0.1, 0.15) is 17.3 Å². The van der Waals surface area contributed by atoms with Gasteiger partial charge in [-0.3, -0.25) is 9.78 Å². The van der Waals surface area contributed by atoms with Crippen LogP contribution in [0.5, 0.6) is 5.88 Å². The normalized spacial score (nSPS) is 11.4. The maximum Gasteiger partial charge on any atom is 0.295 e. The molecule has 1 N–H and O–H groups in total. The molecule has 0 unspecified atom stereocenters. The van der Waals surface area contributed by atoms with Crippen molar-refractivity contribution in [1.82, 2.24) is 9.55 Å². The van der Waals surface area contributed by atoms with Crippen molar-refractivity contribution in [2.75, 3.05) is 13.2 Å². The highest BCUT2D eigenvalue weighted by Crippen LogP contribution is 2.38. The van der Waals surface area contributed by atoms with Crippen molar-refractivity contribution in [3.8, 4) is 5.88 Å². The zero-order valence-corrected chi connectivity index (χ0v) is 13.8. The zero-order valence-electron chi connectivity index (χ0n) is 13.8. The van der Waals surface area contributed by atoms with Crippen LogP contribution in [0.15, 0.2) is 59.0 Å². The van der Waals surface area contributed by atoms with Gasteiger partial charge in [0.05, 0.1) is 12.1 Å². The maximum absolute atomic E-state index is 12.1. The molecule has 3 aromatic rings. The lowest BCUT2D eigenvalue weighted by Crippen LogP contribution is -2.05. The van der Waals surface area contributed by atoms with E-state index in [0.717, 1.165) is 10.9 Å². The number of aromatic hydroxyl groups is 1. The Hall–Kier alpha value is -3.06. The third-order valence-electron chi connectivity index (χ3n) is 3.75. The highest BCUT2D eigenvalue weighted by atomic mass is 16.5. The summed E-state index contributed by atoms with van der Waals surface area (Å²) in [4.78, 5) is 15.9. The molecule has 128 valence electrons. The molecule has 1 aromatic carbocycles. The summed E-state index contributed by atoms with van der Waals surface area (Å²) in [6, 6.07) is 10.6. The zero-order chi connectivity index (χ0) is 17.6. The molecule has 0 aliphatic heterocycles. The molecule has 0 saturated carbocycles. The Kier molecular flexibility index (Phi) is 5.15. The highest BCUT2D eigenvalue weighted by molar-refractivity contribution is 5.97. The molecule has 1 amide bonds. The van der Waals surface area contributed by atoms with E-state index in [4.69, 9.17) is 4.74 Å². The predicted molar refractivity (Wildman–Crippen MR) is 93.2 cm³/mol. The Morgan fingerprint density at radius 2 is 2.00 bits per heavy atom. The topological polar surface area (TPSA) is 89.1 Å². The smallest absolute Gasteiger partial charge is 0.295 e. The first kappa shape index (κ1) is 16.8. The second-order valence-corrected chi connectivity index (χ2v) is 5.28. The number of aromatic nitrogens is 2. The van der Waals surface area contributed by atoms with Gasteiger partial charge in [0.15, 0.2) is 5.69 Å². The maximum atomic E-state index is 12.1. The van der Waals surface area contributed by atoms with Gasteiger partial charge in [-0.2, -0.15) is 0 Å². The largest absolute Gasteiger partial charge is 0.493 e. The summed E-state index contributed by atoms with van der Waals surface area (Å²) < 4.78 is 7.07. The fraction of sp³-hybridized carbons (Fsp3) is 0.222. The molecular formula is C18H18N4O3. The van der Waals surface area contributed by atoms with Crippen LogP contribution in [0.3, 0.4) is 0 Å². The molecule has 7 nitrogen and oxygen atoms in total. The van der Waals surface area contributed by atoms with Crippen molar-refractivity contribution in [2.45, 2.75) is 13.5 Å². The number of benzene rings is 1. The molecule has 25 heavy (non-hydrogen) atoms. The van der Waals surface area contributed by atoms with Gasteiger partial charge >= 0.3 is 0 Å². The Labute approximate surface area is 144 Å². The summed E-state index contributed by atoms with van der Waals surface area (Å²) in [5, 5.41) is 19.0. The van der Waals surface area contributed by atoms with Crippen molar-refractivity contribution in [1.29, 1.82) is 0 Å². The van der Waals surface area contributed by atoms with Crippen molar-refractivity contribution in [3.05, 3.63) is 54.4 Å². The lowest BCUT2D eigenvalue weighted by atomic mass is 10.2. The summed E-state index contributed by atoms with van der Waals surface area (Å²) >= 11 is 0. The average Bonchev–Trinajstić information content (AvgIpc) is 2.92. The van der Waals surface area contributed by atoms with Gasteiger partial charge in [0, 0.05) is 36.5 Å². The number of para-hydroxylation sites is 1. The minimum atomic E-state index is -0.493. The second kappa shape index (κ2) is 7.67. The van der Waals surface area contributed by atoms with Gasteiger partial charge < -0.3 is 14.4 Å². The van der Waals surface area contributed by atoms with Gasteiger partial charge in [-0.05, 0) is 25.1 Å². The van der Waals surface area contributed by atoms with Gasteiger partial charge in [0.1, 0.15) is 0 Å². The number of fused-ring (bicyclic) bond motifs is 1. The fourth-order valence-corrected chi connectivity index (χ4v) is 2.54. The first-order valence-corrected chi connectivity index (χ1v) is 7.96. The molecule has 0 bridgehead atoms. The quantitative estimate of drug-likeness (QED) is 0.548. The Morgan fingerprint density at radius 3 is 2.76 bits per heavy atom. The standard InChI is InChI=1S/C18H18N4O3/c1-2-25-12-11-22-15-6-4-3-5-14(15)16(18(22)24)20-21-17(23)13-7-9-19-10-8-13/h3-10,24H,2,11-12H2,1H3. The van der Waals surface area contributed by atoms with Crippen molar-refractivity contribution in [3.63, 3.8) is 0 Å². The van der Waals surface area contributed by atoms with Gasteiger partial charge in [-0.15, -0.1) is 10.2 Å². The van der Waals surface area contributed by atoms with E-state index < -0.39 is 5.91 Å². The van der Waals surface area contributed by atoms with Crippen LogP contribution in [0, 0.1) is 0 Å². The Bertz CT molecular complexity index is 903. The third kappa shape index (κ3) is 3.56. The lowest BCUT2D eigenvalue weighted by Gasteiger charge is -2.06. The van der Waals surface area contributed by atoms with Crippen molar-refractivity contribution < 1.29 is 14.6 Å². The molecule has 0 spiro atoms. The van der Waals surface area contributed by atoms with Crippen LogP contribution >= 0.6 is 0 Å². The van der Waals surface area contributed by atoms with E-state index in [2.05, 4.69) is 15.2 Å². The number of hydrogen-bond acceptors (Lipinski definition) is 5. The fourth-order valence-electron chi connectivity index (χ4n) is 2.54. The molecule has 0 radical (unpaired) electrons. The number of carbonyl (C=O) groups excluding carboxylic acids is 1. The van der Waals surface area contributed by atoms with E-state index in [1.807, 2.05) is 31.2 Å². The third-order valence-corrected chi connectivity index (χ3v) is 3.75. The van der Waals surface area contributed by atoms with E-state index in [0.29, 0.717) is 25.3 Å². The minimum absolute atomic E-state index is 0.0350. The predicted octanol–water partition coefficient (Wildman–Crippen LogP) is 3.70. The van der Waals surface area contributed by atoms with Crippen LogP contribution in [0.25, 0.3) is 10.9 Å². The molecule has 7 heteroatoms. The first-order chi connectivity index (χ1) is 12.2. The van der Waals surface area contributed by atoms with Crippen LogP contribution < -0.4 is 0 Å². The van der Waals surface area contributed by atoms with Crippen molar-refractivity contribution in [2.24, 2.45) is 10.2 Å². The molecule has 2 aromatic heterocycles. The number of amides is 1. The van der Waals surface area contributed by atoms with E-state index in [1.54, 1.807) is 16.7 Å². The molecule has 0 fully saturated rings. The summed E-state index contributed by atoms with van der Waals surface area (Å²) in [6.07, 6.45) is 3.03. The number of rotatable bonds is 6. The SMILES string of the molecule is CCOCCn1c(O)c(N=NC(=O)c2ccncc2)c2ccccc21. The number of pyridine rings is 1. The van der Waals surface area contributed by atoms with E-state index in [9.17, 15) is 9.90 Å². The Morgan fingerprint density at radius 1 is 1.24 bits per heavy atom. The van der Waals surface area contributed by atoms with Gasteiger partial charge in [0.2, 0.25) is 5.88 Å². The molecule has 0 saturated heterocycles. The molecule has 0 atom stereocenters. The number of hydrogen-bond donors (Lipinski definition) is 1. The molecule has 0 aliphatic rings. The first-order valence-electron chi connectivity index (χ1n) is 7.96.